The fraction of sp³-hybridized carbons (Fsp3) is 0.480. The van der Waals surface area contributed by atoms with E-state index in [0.717, 1.165) is 12.8 Å². The number of aliphatic hydroxyl groups is 1. The predicted octanol–water partition coefficient (Wildman–Crippen LogP) is 2.98. The SMILES string of the molecule is C[C@H]1CN([C@@H](C)CO)C(=O)c2cc(-c3ccccc3F)cnc2O[C@@H]1CN(C)C(=O)C1CC1. The van der Waals surface area contributed by atoms with Crippen LogP contribution in [0.25, 0.3) is 11.1 Å². The standard InChI is InChI=1S/C25H30FN3O4/c1-15-12-29(16(2)14-30)25(32)20-10-18(19-6-4-5-7-21(19)26)11-27-23(20)33-22(15)13-28(3)24(31)17-8-9-17/h4-7,10-11,15-17,22,30H,8-9,12-14H2,1-3H3/t15-,16-,22+/m0/s1. The predicted molar refractivity (Wildman–Crippen MR) is 121 cm³/mol. The Morgan fingerprint density at radius 2 is 2.06 bits per heavy atom. The summed E-state index contributed by atoms with van der Waals surface area (Å²) < 4.78 is 20.6. The number of benzene rings is 1. The average molecular weight is 456 g/mol. The monoisotopic (exact) mass is 455 g/mol. The minimum absolute atomic E-state index is 0.0973. The Labute approximate surface area is 193 Å². The number of likely N-dealkylation sites (N-methyl/N-ethyl adjacent to an activating group) is 1. The van der Waals surface area contributed by atoms with Crippen molar-refractivity contribution in [2.24, 2.45) is 11.8 Å². The highest BCUT2D eigenvalue weighted by Gasteiger charge is 2.37. The van der Waals surface area contributed by atoms with E-state index in [1.165, 1.54) is 12.3 Å². The molecule has 8 heteroatoms. The first kappa shape index (κ1) is 23.2. The number of hydrogen-bond donors (Lipinski definition) is 1. The van der Waals surface area contributed by atoms with Crippen LogP contribution in [0.4, 0.5) is 4.39 Å². The summed E-state index contributed by atoms with van der Waals surface area (Å²) in [7, 11) is 1.77. The largest absolute Gasteiger partial charge is 0.472 e. The van der Waals surface area contributed by atoms with E-state index in [4.69, 9.17) is 4.74 Å². The molecule has 0 saturated heterocycles. The van der Waals surface area contributed by atoms with E-state index in [-0.39, 0.29) is 41.7 Å². The molecule has 0 unspecified atom stereocenters. The lowest BCUT2D eigenvalue weighted by Gasteiger charge is -2.37. The van der Waals surface area contributed by atoms with Gasteiger partial charge in [-0.05, 0) is 31.9 Å². The summed E-state index contributed by atoms with van der Waals surface area (Å²) in [6.07, 6.45) is 2.94. The van der Waals surface area contributed by atoms with Gasteiger partial charge >= 0.3 is 0 Å². The second-order valence-electron chi connectivity index (χ2n) is 9.17. The third-order valence-corrected chi connectivity index (χ3v) is 6.46. The molecule has 1 aromatic carbocycles. The summed E-state index contributed by atoms with van der Waals surface area (Å²) in [4.78, 5) is 33.7. The molecule has 33 heavy (non-hydrogen) atoms. The van der Waals surface area contributed by atoms with Gasteiger partial charge < -0.3 is 19.6 Å². The first-order chi connectivity index (χ1) is 15.8. The Hall–Kier alpha value is -3.00. The molecule has 4 rings (SSSR count). The molecular formula is C25H30FN3O4. The van der Waals surface area contributed by atoms with Crippen molar-refractivity contribution in [3.8, 4) is 17.0 Å². The van der Waals surface area contributed by atoms with Crippen molar-refractivity contribution < 1.29 is 23.8 Å². The van der Waals surface area contributed by atoms with Gasteiger partial charge in [-0.3, -0.25) is 9.59 Å². The minimum Gasteiger partial charge on any atom is -0.472 e. The van der Waals surface area contributed by atoms with Crippen LogP contribution in [-0.2, 0) is 4.79 Å². The maximum absolute atomic E-state index is 14.4. The van der Waals surface area contributed by atoms with E-state index in [0.29, 0.717) is 24.2 Å². The number of aliphatic hydroxyl groups excluding tert-OH is 1. The Bertz CT molecular complexity index is 1040. The van der Waals surface area contributed by atoms with Gasteiger partial charge in [-0.25, -0.2) is 9.37 Å². The Kier molecular flexibility index (Phi) is 6.65. The van der Waals surface area contributed by atoms with Crippen LogP contribution in [0.2, 0.25) is 0 Å². The Morgan fingerprint density at radius 1 is 1.33 bits per heavy atom. The molecule has 1 aliphatic heterocycles. The molecule has 2 aromatic rings. The second-order valence-corrected chi connectivity index (χ2v) is 9.17. The number of halogens is 1. The van der Waals surface area contributed by atoms with Crippen molar-refractivity contribution in [2.45, 2.75) is 38.8 Å². The quantitative estimate of drug-likeness (QED) is 0.724. The summed E-state index contributed by atoms with van der Waals surface area (Å²) in [5, 5.41) is 9.78. The van der Waals surface area contributed by atoms with Crippen LogP contribution < -0.4 is 4.74 Å². The van der Waals surface area contributed by atoms with Crippen molar-refractivity contribution in [2.75, 3.05) is 26.7 Å². The van der Waals surface area contributed by atoms with Gasteiger partial charge in [0.2, 0.25) is 11.8 Å². The van der Waals surface area contributed by atoms with Crippen molar-refractivity contribution >= 4 is 11.8 Å². The van der Waals surface area contributed by atoms with Gasteiger partial charge in [0.1, 0.15) is 17.5 Å². The summed E-state index contributed by atoms with van der Waals surface area (Å²) in [5.74, 6) is -0.499. The summed E-state index contributed by atoms with van der Waals surface area (Å²) >= 11 is 0. The zero-order chi connectivity index (χ0) is 23.7. The number of aromatic nitrogens is 1. The normalized spacial score (nSPS) is 21.5. The van der Waals surface area contributed by atoms with E-state index >= 15 is 0 Å². The van der Waals surface area contributed by atoms with Crippen molar-refractivity contribution in [1.29, 1.82) is 0 Å². The zero-order valence-electron chi connectivity index (χ0n) is 19.2. The molecule has 2 aliphatic rings. The number of carbonyl (C=O) groups is 2. The summed E-state index contributed by atoms with van der Waals surface area (Å²) in [5.41, 5.74) is 1.01. The number of fused-ring (bicyclic) bond motifs is 1. The molecule has 0 spiro atoms. The number of pyridine rings is 1. The topological polar surface area (TPSA) is 83.0 Å². The number of ether oxygens (including phenoxy) is 1. The van der Waals surface area contributed by atoms with Crippen molar-refractivity contribution in [1.82, 2.24) is 14.8 Å². The molecule has 2 amide bonds. The van der Waals surface area contributed by atoms with Crippen molar-refractivity contribution in [3.05, 3.63) is 47.9 Å². The van der Waals surface area contributed by atoms with Gasteiger partial charge in [0.05, 0.1) is 19.2 Å². The van der Waals surface area contributed by atoms with Gasteiger partial charge in [-0.1, -0.05) is 25.1 Å². The van der Waals surface area contributed by atoms with Crippen LogP contribution in [0.3, 0.4) is 0 Å². The zero-order valence-corrected chi connectivity index (χ0v) is 19.2. The highest BCUT2D eigenvalue weighted by Crippen LogP contribution is 2.33. The maximum atomic E-state index is 14.4. The van der Waals surface area contributed by atoms with Crippen molar-refractivity contribution in [3.63, 3.8) is 0 Å². The number of hydrogen-bond acceptors (Lipinski definition) is 5. The van der Waals surface area contributed by atoms with Crippen LogP contribution >= 0.6 is 0 Å². The lowest BCUT2D eigenvalue weighted by Crippen LogP contribution is -2.50. The van der Waals surface area contributed by atoms with Crippen LogP contribution in [0.15, 0.2) is 36.5 Å². The molecule has 1 aliphatic carbocycles. The molecule has 1 fully saturated rings. The lowest BCUT2D eigenvalue weighted by molar-refractivity contribution is -0.132. The van der Waals surface area contributed by atoms with Gasteiger partial charge in [0, 0.05) is 42.8 Å². The van der Waals surface area contributed by atoms with Crippen LogP contribution in [-0.4, -0.2) is 70.6 Å². The number of nitrogens with zero attached hydrogens (tertiary/aromatic N) is 3. The number of amides is 2. The van der Waals surface area contributed by atoms with Crippen LogP contribution in [0, 0.1) is 17.7 Å². The molecule has 0 bridgehead atoms. The number of rotatable bonds is 6. The second kappa shape index (κ2) is 9.47. The minimum atomic E-state index is -0.422. The van der Waals surface area contributed by atoms with Crippen LogP contribution in [0.5, 0.6) is 5.88 Å². The first-order valence-corrected chi connectivity index (χ1v) is 11.4. The van der Waals surface area contributed by atoms with Gasteiger partial charge in [-0.2, -0.15) is 0 Å². The molecule has 3 atom stereocenters. The fourth-order valence-corrected chi connectivity index (χ4v) is 4.16. The molecule has 1 N–H and O–H groups in total. The molecular weight excluding hydrogens is 425 g/mol. The molecule has 1 aromatic heterocycles. The Balaban J connectivity index is 1.71. The van der Waals surface area contributed by atoms with Gasteiger partial charge in [0.15, 0.2) is 0 Å². The highest BCUT2D eigenvalue weighted by molar-refractivity contribution is 5.98. The molecule has 0 radical (unpaired) electrons. The smallest absolute Gasteiger partial charge is 0.259 e. The maximum Gasteiger partial charge on any atom is 0.259 e. The third kappa shape index (κ3) is 4.85. The fourth-order valence-electron chi connectivity index (χ4n) is 4.16. The highest BCUT2D eigenvalue weighted by atomic mass is 19.1. The first-order valence-electron chi connectivity index (χ1n) is 11.4. The van der Waals surface area contributed by atoms with E-state index in [9.17, 15) is 19.1 Å². The molecule has 2 heterocycles. The molecule has 7 nitrogen and oxygen atoms in total. The molecule has 176 valence electrons. The van der Waals surface area contributed by atoms with Gasteiger partial charge in [-0.15, -0.1) is 0 Å². The molecule has 1 saturated carbocycles. The van der Waals surface area contributed by atoms with Crippen LogP contribution in [0.1, 0.15) is 37.0 Å². The number of carbonyl (C=O) groups excluding carboxylic acids is 2. The average Bonchev–Trinajstić information content (AvgIpc) is 3.66. The van der Waals surface area contributed by atoms with E-state index in [2.05, 4.69) is 4.98 Å². The summed E-state index contributed by atoms with van der Waals surface area (Å²) in [6, 6.07) is 7.47. The van der Waals surface area contributed by atoms with E-state index in [1.807, 2.05) is 6.92 Å². The lowest BCUT2D eigenvalue weighted by atomic mass is 9.99. The summed E-state index contributed by atoms with van der Waals surface area (Å²) in [6.45, 7) is 4.25. The Morgan fingerprint density at radius 3 is 2.73 bits per heavy atom. The van der Waals surface area contributed by atoms with E-state index in [1.54, 1.807) is 48.0 Å². The van der Waals surface area contributed by atoms with Gasteiger partial charge in [0.25, 0.3) is 5.91 Å². The van der Waals surface area contributed by atoms with E-state index < -0.39 is 18.0 Å². The third-order valence-electron chi connectivity index (χ3n) is 6.46.